The Bertz CT molecular complexity index is 1140. The van der Waals surface area contributed by atoms with Gasteiger partial charge in [-0.3, -0.25) is 9.78 Å². The number of rotatable bonds is 4. The van der Waals surface area contributed by atoms with Crippen LogP contribution in [0, 0.1) is 0 Å². The van der Waals surface area contributed by atoms with Gasteiger partial charge in [0.25, 0.3) is 11.8 Å². The Kier molecular flexibility index (Phi) is 4.07. The summed E-state index contributed by atoms with van der Waals surface area (Å²) in [5, 5.41) is 0.596. The van der Waals surface area contributed by atoms with Crippen LogP contribution in [0.15, 0.2) is 40.9 Å². The largest absolute Gasteiger partial charge is 0.493 e. The van der Waals surface area contributed by atoms with E-state index in [1.54, 1.807) is 24.3 Å². The fraction of sp³-hybridized carbons (Fsp3) is 0.333. The SMILES string of the molecule is [2H]C([2H])([2H])Oc1cc(-c2ccc(C(=O)N3CCC(F)(F)CC3)cn2)cc2cc(CN)oc12. The third-order valence-corrected chi connectivity index (χ3v) is 5.03. The molecule has 0 unspecified atom stereocenters. The van der Waals surface area contributed by atoms with Crippen molar-refractivity contribution in [2.24, 2.45) is 5.73 Å². The van der Waals surface area contributed by atoms with Crippen LogP contribution in [-0.2, 0) is 6.54 Å². The number of hydrogen-bond acceptors (Lipinski definition) is 5. The Morgan fingerprint density at radius 1 is 1.34 bits per heavy atom. The number of fused-ring (bicyclic) bond motifs is 1. The summed E-state index contributed by atoms with van der Waals surface area (Å²) in [6.07, 6.45) is 0.664. The summed E-state index contributed by atoms with van der Waals surface area (Å²) in [7, 11) is -2.68. The number of benzene rings is 1. The average Bonchev–Trinajstić information content (AvgIpc) is 3.16. The number of piperidine rings is 1. The summed E-state index contributed by atoms with van der Waals surface area (Å²) in [5.74, 6) is -2.60. The minimum absolute atomic E-state index is 0.00988. The molecule has 8 heteroatoms. The number of nitrogens with zero attached hydrogens (tertiary/aromatic N) is 2. The van der Waals surface area contributed by atoms with Crippen LogP contribution in [-0.4, -0.2) is 41.8 Å². The molecule has 29 heavy (non-hydrogen) atoms. The number of ether oxygens (including phenoxy) is 1. The van der Waals surface area contributed by atoms with Crippen molar-refractivity contribution in [3.8, 4) is 17.0 Å². The van der Waals surface area contributed by atoms with Gasteiger partial charge in [0, 0.05) is 43.1 Å². The minimum Gasteiger partial charge on any atom is -0.493 e. The van der Waals surface area contributed by atoms with Crippen LogP contribution in [0.25, 0.3) is 22.2 Å². The zero-order valence-electron chi connectivity index (χ0n) is 18.5. The first-order chi connectivity index (χ1) is 15.0. The first kappa shape index (κ1) is 15.9. The van der Waals surface area contributed by atoms with Crippen molar-refractivity contribution < 1.29 is 26.8 Å². The van der Waals surface area contributed by atoms with Crippen molar-refractivity contribution in [2.45, 2.75) is 25.3 Å². The molecule has 3 aromatic rings. The second-order valence-corrected chi connectivity index (χ2v) is 6.99. The van der Waals surface area contributed by atoms with E-state index in [1.807, 2.05) is 0 Å². The van der Waals surface area contributed by atoms with Crippen molar-refractivity contribution in [1.29, 1.82) is 0 Å². The van der Waals surface area contributed by atoms with Crippen molar-refractivity contribution in [1.82, 2.24) is 9.88 Å². The Hall–Kier alpha value is -3.00. The molecule has 1 amide bonds. The van der Waals surface area contributed by atoms with Gasteiger partial charge in [-0.2, -0.15) is 0 Å². The van der Waals surface area contributed by atoms with Gasteiger partial charge in [0.05, 0.1) is 29.0 Å². The van der Waals surface area contributed by atoms with Crippen molar-refractivity contribution in [3.63, 3.8) is 0 Å². The highest BCUT2D eigenvalue weighted by Gasteiger charge is 2.35. The van der Waals surface area contributed by atoms with Gasteiger partial charge in [0.15, 0.2) is 11.3 Å². The van der Waals surface area contributed by atoms with Gasteiger partial charge < -0.3 is 19.8 Å². The molecule has 4 rings (SSSR count). The molecule has 0 spiro atoms. The van der Waals surface area contributed by atoms with Crippen molar-refractivity contribution in [3.05, 3.63) is 47.9 Å². The summed E-state index contributed by atoms with van der Waals surface area (Å²) >= 11 is 0. The standard InChI is InChI=1S/C21H21F2N3O3/c1-28-18-10-14(8-15-9-16(11-24)29-19(15)18)17-3-2-13(12-25-17)20(27)26-6-4-21(22,23)5-7-26/h2-3,8-10,12H,4-7,11,24H2,1H3/i1D3. The zero-order valence-corrected chi connectivity index (χ0v) is 15.5. The van der Waals surface area contributed by atoms with Crippen LogP contribution in [0.3, 0.4) is 0 Å². The molecular weight excluding hydrogens is 380 g/mol. The molecule has 6 nitrogen and oxygen atoms in total. The summed E-state index contributed by atoms with van der Waals surface area (Å²) < 4.78 is 59.6. The maximum atomic E-state index is 13.3. The highest BCUT2D eigenvalue weighted by Crippen LogP contribution is 2.34. The number of aromatic nitrogens is 1. The number of amides is 1. The molecule has 2 N–H and O–H groups in total. The number of carbonyl (C=O) groups is 1. The van der Waals surface area contributed by atoms with Crippen LogP contribution in [0.4, 0.5) is 8.78 Å². The monoisotopic (exact) mass is 404 g/mol. The summed E-state index contributed by atoms with van der Waals surface area (Å²) in [6, 6.07) is 8.10. The lowest BCUT2D eigenvalue weighted by Crippen LogP contribution is -2.42. The van der Waals surface area contributed by atoms with E-state index in [9.17, 15) is 13.6 Å². The molecular formula is C21H21F2N3O3. The van der Waals surface area contributed by atoms with Crippen LogP contribution < -0.4 is 10.5 Å². The first-order valence-corrected chi connectivity index (χ1v) is 9.14. The topological polar surface area (TPSA) is 81.6 Å². The van der Waals surface area contributed by atoms with Crippen LogP contribution in [0.5, 0.6) is 5.75 Å². The van der Waals surface area contributed by atoms with Gasteiger partial charge in [0.1, 0.15) is 5.76 Å². The van der Waals surface area contributed by atoms with E-state index in [-0.39, 0.29) is 55.3 Å². The molecule has 1 aliphatic heterocycles. The lowest BCUT2D eigenvalue weighted by Gasteiger charge is -2.31. The predicted octanol–water partition coefficient (Wildman–Crippen LogP) is 3.83. The lowest BCUT2D eigenvalue weighted by atomic mass is 10.0. The summed E-state index contributed by atoms with van der Waals surface area (Å²) in [4.78, 5) is 18.3. The normalized spacial score (nSPS) is 18.2. The highest BCUT2D eigenvalue weighted by atomic mass is 19.3. The fourth-order valence-corrected chi connectivity index (χ4v) is 3.41. The second-order valence-electron chi connectivity index (χ2n) is 6.99. The molecule has 0 aliphatic carbocycles. The molecule has 1 saturated heterocycles. The quantitative estimate of drug-likeness (QED) is 0.715. The number of carbonyl (C=O) groups excluding carboxylic acids is 1. The maximum absolute atomic E-state index is 13.3. The van der Waals surface area contributed by atoms with Gasteiger partial charge in [-0.25, -0.2) is 8.78 Å². The van der Waals surface area contributed by atoms with E-state index in [2.05, 4.69) is 4.98 Å². The zero-order chi connectivity index (χ0) is 23.1. The fourth-order valence-electron chi connectivity index (χ4n) is 3.41. The van der Waals surface area contributed by atoms with E-state index in [1.165, 1.54) is 17.2 Å². The minimum atomic E-state index is -2.73. The van der Waals surface area contributed by atoms with Crippen LogP contribution in [0.1, 0.15) is 33.1 Å². The summed E-state index contributed by atoms with van der Waals surface area (Å²) in [5.41, 5.74) is 7.20. The van der Waals surface area contributed by atoms with Crippen molar-refractivity contribution in [2.75, 3.05) is 20.1 Å². The van der Waals surface area contributed by atoms with E-state index in [4.69, 9.17) is 19.0 Å². The van der Waals surface area contributed by atoms with Gasteiger partial charge in [-0.15, -0.1) is 0 Å². The molecule has 0 saturated carbocycles. The Labute approximate surface area is 170 Å². The van der Waals surface area contributed by atoms with Gasteiger partial charge in [0.2, 0.25) is 0 Å². The van der Waals surface area contributed by atoms with E-state index in [0.29, 0.717) is 22.4 Å². The number of halogens is 2. The number of pyridine rings is 1. The first-order valence-electron chi connectivity index (χ1n) is 10.6. The van der Waals surface area contributed by atoms with Gasteiger partial charge in [-0.05, 0) is 30.3 Å². The Balaban J connectivity index is 1.62. The Morgan fingerprint density at radius 3 is 2.79 bits per heavy atom. The summed E-state index contributed by atoms with van der Waals surface area (Å²) in [6.45, 7) is 0.114. The molecule has 1 fully saturated rings. The van der Waals surface area contributed by atoms with Crippen LogP contribution >= 0.6 is 0 Å². The number of hydrogen-bond donors (Lipinski definition) is 1. The number of alkyl halides is 2. The van der Waals surface area contributed by atoms with E-state index < -0.39 is 13.0 Å². The molecule has 0 atom stereocenters. The number of nitrogens with two attached hydrogens (primary N) is 1. The third-order valence-electron chi connectivity index (χ3n) is 5.03. The number of methoxy groups -OCH3 is 1. The molecule has 3 heterocycles. The molecule has 152 valence electrons. The Morgan fingerprint density at radius 2 is 2.14 bits per heavy atom. The van der Waals surface area contributed by atoms with E-state index >= 15 is 0 Å². The molecule has 1 aromatic carbocycles. The number of likely N-dealkylation sites (tertiary alicyclic amines) is 1. The van der Waals surface area contributed by atoms with Crippen LogP contribution in [0.2, 0.25) is 0 Å². The average molecular weight is 404 g/mol. The van der Waals surface area contributed by atoms with Gasteiger partial charge in [-0.1, -0.05) is 0 Å². The number of furan rings is 1. The third kappa shape index (κ3) is 3.80. The van der Waals surface area contributed by atoms with Crippen molar-refractivity contribution >= 4 is 16.9 Å². The molecule has 0 radical (unpaired) electrons. The smallest absolute Gasteiger partial charge is 0.255 e. The molecule has 1 aliphatic rings. The maximum Gasteiger partial charge on any atom is 0.255 e. The van der Waals surface area contributed by atoms with E-state index in [0.717, 1.165) is 0 Å². The second kappa shape index (κ2) is 7.44. The highest BCUT2D eigenvalue weighted by molar-refractivity contribution is 5.94. The molecule has 2 aromatic heterocycles. The predicted molar refractivity (Wildman–Crippen MR) is 104 cm³/mol. The molecule has 0 bridgehead atoms. The van der Waals surface area contributed by atoms with Gasteiger partial charge >= 0.3 is 0 Å². The lowest BCUT2D eigenvalue weighted by molar-refractivity contribution is -0.0494.